The lowest BCUT2D eigenvalue weighted by Crippen LogP contribution is -2.52. The molecule has 3 amide bonds. The minimum Gasteiger partial charge on any atom is -0.375 e. The largest absolute Gasteiger partial charge is 0.375 e. The summed E-state index contributed by atoms with van der Waals surface area (Å²) in [6.45, 7) is 3.72. The van der Waals surface area contributed by atoms with E-state index in [1.807, 2.05) is 18.2 Å². The van der Waals surface area contributed by atoms with Gasteiger partial charge in [0, 0.05) is 50.1 Å². The van der Waals surface area contributed by atoms with E-state index in [9.17, 15) is 14.4 Å². The molecular formula is C20H24N4O4. The quantitative estimate of drug-likeness (QED) is 0.607. The summed E-state index contributed by atoms with van der Waals surface area (Å²) < 4.78 is 5.82. The first-order chi connectivity index (χ1) is 13.6. The van der Waals surface area contributed by atoms with E-state index in [1.165, 1.54) is 0 Å². The third-order valence-electron chi connectivity index (χ3n) is 6.37. The average molecular weight is 384 g/mol. The van der Waals surface area contributed by atoms with Crippen molar-refractivity contribution >= 4 is 17.7 Å². The number of imide groups is 1. The van der Waals surface area contributed by atoms with Crippen LogP contribution in [0.5, 0.6) is 0 Å². The lowest BCUT2D eigenvalue weighted by Gasteiger charge is -2.29. The maximum absolute atomic E-state index is 12.9. The van der Waals surface area contributed by atoms with Crippen molar-refractivity contribution in [1.82, 2.24) is 20.9 Å². The number of hydrogen-bond donors (Lipinski definition) is 3. The molecule has 4 atom stereocenters. The Kier molecular flexibility index (Phi) is 4.41. The van der Waals surface area contributed by atoms with Crippen LogP contribution in [0.4, 0.5) is 0 Å². The zero-order valence-electron chi connectivity index (χ0n) is 15.6. The molecule has 8 nitrogen and oxygen atoms in total. The molecule has 3 saturated heterocycles. The molecule has 148 valence electrons. The summed E-state index contributed by atoms with van der Waals surface area (Å²) in [6.07, 6.45) is 0.963. The molecule has 1 aromatic rings. The second-order valence-corrected chi connectivity index (χ2v) is 8.07. The molecule has 0 saturated carbocycles. The van der Waals surface area contributed by atoms with Gasteiger partial charge in [0.1, 0.15) is 6.04 Å². The molecule has 1 aromatic carbocycles. The van der Waals surface area contributed by atoms with E-state index in [0.29, 0.717) is 43.1 Å². The molecule has 5 rings (SSSR count). The maximum Gasteiger partial charge on any atom is 0.255 e. The zero-order valence-corrected chi connectivity index (χ0v) is 15.6. The highest BCUT2D eigenvalue weighted by atomic mass is 16.5. The number of carbonyl (C=O) groups is 3. The van der Waals surface area contributed by atoms with Crippen LogP contribution in [0.25, 0.3) is 0 Å². The van der Waals surface area contributed by atoms with Crippen LogP contribution < -0.4 is 16.0 Å². The van der Waals surface area contributed by atoms with Crippen molar-refractivity contribution in [3.63, 3.8) is 0 Å². The van der Waals surface area contributed by atoms with E-state index in [2.05, 4.69) is 16.0 Å². The fourth-order valence-electron chi connectivity index (χ4n) is 4.78. The summed E-state index contributed by atoms with van der Waals surface area (Å²) in [7, 11) is 0. The number of carbonyl (C=O) groups excluding carboxylic acids is 3. The van der Waals surface area contributed by atoms with E-state index in [1.54, 1.807) is 4.90 Å². The second kappa shape index (κ2) is 6.95. The van der Waals surface area contributed by atoms with Crippen LogP contribution in [0.1, 0.15) is 34.3 Å². The van der Waals surface area contributed by atoms with Crippen molar-refractivity contribution in [3.8, 4) is 0 Å². The van der Waals surface area contributed by atoms with Gasteiger partial charge in [-0.05, 0) is 23.6 Å². The van der Waals surface area contributed by atoms with Crippen LogP contribution in [0.3, 0.4) is 0 Å². The summed E-state index contributed by atoms with van der Waals surface area (Å²) in [5.74, 6) is -0.274. The number of ether oxygens (including phenoxy) is 1. The van der Waals surface area contributed by atoms with Gasteiger partial charge in [-0.15, -0.1) is 0 Å². The lowest BCUT2D eigenvalue weighted by molar-refractivity contribution is -0.136. The van der Waals surface area contributed by atoms with Gasteiger partial charge < -0.3 is 20.3 Å². The molecule has 28 heavy (non-hydrogen) atoms. The van der Waals surface area contributed by atoms with Crippen LogP contribution in [0.2, 0.25) is 0 Å². The van der Waals surface area contributed by atoms with E-state index in [4.69, 9.17) is 4.74 Å². The van der Waals surface area contributed by atoms with Gasteiger partial charge in [0.2, 0.25) is 11.8 Å². The number of piperidine rings is 1. The first-order valence-corrected chi connectivity index (χ1v) is 9.92. The van der Waals surface area contributed by atoms with E-state index >= 15 is 0 Å². The highest BCUT2D eigenvalue weighted by molar-refractivity contribution is 6.05. The van der Waals surface area contributed by atoms with Crippen LogP contribution >= 0.6 is 0 Å². The van der Waals surface area contributed by atoms with E-state index in [0.717, 1.165) is 30.8 Å². The number of amides is 3. The first kappa shape index (κ1) is 17.8. The Hall–Kier alpha value is -2.29. The van der Waals surface area contributed by atoms with Gasteiger partial charge in [-0.2, -0.15) is 0 Å². The number of rotatable bonds is 4. The number of hydrogen-bond acceptors (Lipinski definition) is 6. The normalized spacial score (nSPS) is 31.9. The van der Waals surface area contributed by atoms with Crippen molar-refractivity contribution in [3.05, 3.63) is 34.9 Å². The fraction of sp³-hybridized carbons (Fsp3) is 0.550. The van der Waals surface area contributed by atoms with Gasteiger partial charge >= 0.3 is 0 Å². The number of fused-ring (bicyclic) bond motifs is 2. The van der Waals surface area contributed by atoms with Crippen molar-refractivity contribution < 1.29 is 19.1 Å². The molecule has 4 aliphatic heterocycles. The molecule has 0 aliphatic carbocycles. The molecule has 1 unspecified atom stereocenters. The van der Waals surface area contributed by atoms with Crippen LogP contribution in [0, 0.1) is 5.92 Å². The standard InChI is InChI=1S/C20H24N4O4/c25-18-4-3-16(19(26)23-18)24-9-12-2-1-11(5-13(12)20(24)27)6-22-15-10-28-17-8-21-7-14(15)17/h1-2,5,14-17,21-22H,3-4,6-10H2,(H,23,25,26)/t14-,15-,16?,17-/m1/s1. The van der Waals surface area contributed by atoms with E-state index < -0.39 is 6.04 Å². The van der Waals surface area contributed by atoms with Gasteiger partial charge in [0.05, 0.1) is 12.7 Å². The highest BCUT2D eigenvalue weighted by Crippen LogP contribution is 2.29. The minimum absolute atomic E-state index is 0.129. The minimum atomic E-state index is -0.568. The summed E-state index contributed by atoms with van der Waals surface area (Å²) in [5.41, 5.74) is 2.64. The van der Waals surface area contributed by atoms with Crippen LogP contribution in [0.15, 0.2) is 18.2 Å². The predicted octanol–water partition coefficient (Wildman–Crippen LogP) is -0.476. The maximum atomic E-state index is 12.9. The summed E-state index contributed by atoms with van der Waals surface area (Å²) in [6, 6.07) is 5.69. The van der Waals surface area contributed by atoms with Gasteiger partial charge in [-0.1, -0.05) is 12.1 Å². The second-order valence-electron chi connectivity index (χ2n) is 8.07. The van der Waals surface area contributed by atoms with Crippen molar-refractivity contribution in [2.75, 3.05) is 19.7 Å². The molecule has 4 aliphatic rings. The molecule has 3 fully saturated rings. The third-order valence-corrected chi connectivity index (χ3v) is 6.37. The van der Waals surface area contributed by atoms with Crippen LogP contribution in [-0.4, -0.2) is 60.5 Å². The Balaban J connectivity index is 1.26. The summed E-state index contributed by atoms with van der Waals surface area (Å²) in [4.78, 5) is 38.0. The van der Waals surface area contributed by atoms with Gasteiger partial charge in [-0.3, -0.25) is 19.7 Å². The average Bonchev–Trinajstić information content (AvgIpc) is 3.36. The van der Waals surface area contributed by atoms with E-state index in [-0.39, 0.29) is 24.1 Å². The van der Waals surface area contributed by atoms with Gasteiger partial charge in [0.25, 0.3) is 5.91 Å². The first-order valence-electron chi connectivity index (χ1n) is 9.92. The van der Waals surface area contributed by atoms with Crippen molar-refractivity contribution in [1.29, 1.82) is 0 Å². The highest BCUT2D eigenvalue weighted by Gasteiger charge is 2.41. The number of nitrogens with one attached hydrogen (secondary N) is 3. The fourth-order valence-corrected chi connectivity index (χ4v) is 4.78. The molecule has 0 spiro atoms. The topological polar surface area (TPSA) is 99.8 Å². The SMILES string of the molecule is O=C1CCC(N2Cc3ccc(CN[C@@H]4CO[C@@H]5CNC[C@H]45)cc3C2=O)C(=O)N1. The molecule has 4 heterocycles. The lowest BCUT2D eigenvalue weighted by atomic mass is 9.99. The number of benzene rings is 1. The Morgan fingerprint density at radius 2 is 2.11 bits per heavy atom. The smallest absolute Gasteiger partial charge is 0.255 e. The van der Waals surface area contributed by atoms with Gasteiger partial charge in [0.15, 0.2) is 0 Å². The summed E-state index contributed by atoms with van der Waals surface area (Å²) in [5, 5.41) is 9.27. The van der Waals surface area contributed by atoms with Crippen molar-refractivity contribution in [2.24, 2.45) is 5.92 Å². The Bertz CT molecular complexity index is 841. The zero-order chi connectivity index (χ0) is 19.3. The number of nitrogens with zero attached hydrogens (tertiary/aromatic N) is 1. The molecule has 0 aromatic heterocycles. The van der Waals surface area contributed by atoms with Gasteiger partial charge in [-0.25, -0.2) is 0 Å². The Morgan fingerprint density at radius 1 is 1.21 bits per heavy atom. The summed E-state index contributed by atoms with van der Waals surface area (Å²) >= 11 is 0. The predicted molar refractivity (Wildman–Crippen MR) is 99.2 cm³/mol. The Morgan fingerprint density at radius 3 is 2.96 bits per heavy atom. The molecular weight excluding hydrogens is 360 g/mol. The Labute approximate surface area is 163 Å². The molecule has 0 radical (unpaired) electrons. The molecule has 0 bridgehead atoms. The monoisotopic (exact) mass is 384 g/mol. The third kappa shape index (κ3) is 3.01. The molecule has 3 N–H and O–H groups in total. The van der Waals surface area contributed by atoms with Crippen molar-refractivity contribution in [2.45, 2.75) is 44.1 Å². The molecule has 8 heteroatoms. The van der Waals surface area contributed by atoms with Crippen LogP contribution in [-0.2, 0) is 27.4 Å².